The van der Waals surface area contributed by atoms with Crippen molar-refractivity contribution in [3.05, 3.63) is 55.1 Å². The van der Waals surface area contributed by atoms with Crippen LogP contribution in [0, 0.1) is 0 Å². The van der Waals surface area contributed by atoms with Crippen LogP contribution in [-0.4, -0.2) is 32.9 Å². The standard InChI is InChI=1S/C19H15F3N4O3/c1-12(26-11-23-10-24-26)9-27-18-16-8-14(4-7-17(16)29-25-18)13-2-5-15(6-3-13)28-19(20,21)22/h2-8,10-12H,9H2,1H3. The fourth-order valence-corrected chi connectivity index (χ4v) is 2.77. The van der Waals surface area contributed by atoms with E-state index in [1.54, 1.807) is 41.3 Å². The summed E-state index contributed by atoms with van der Waals surface area (Å²) in [5.41, 5.74) is 2.02. The Bertz CT molecular complexity index is 1090. The van der Waals surface area contributed by atoms with E-state index in [0.717, 1.165) is 5.56 Å². The summed E-state index contributed by atoms with van der Waals surface area (Å²) in [6.45, 7) is 2.23. The molecule has 1 atom stereocenters. The number of fused-ring (bicyclic) bond motifs is 1. The summed E-state index contributed by atoms with van der Waals surface area (Å²) in [4.78, 5) is 3.90. The first-order valence-electron chi connectivity index (χ1n) is 8.61. The molecule has 2 aromatic heterocycles. The lowest BCUT2D eigenvalue weighted by molar-refractivity contribution is -0.274. The Morgan fingerprint density at radius 3 is 2.55 bits per heavy atom. The Morgan fingerprint density at radius 2 is 1.86 bits per heavy atom. The van der Waals surface area contributed by atoms with Gasteiger partial charge in [0.15, 0.2) is 5.58 Å². The van der Waals surface area contributed by atoms with Crippen molar-refractivity contribution in [3.8, 4) is 22.8 Å². The number of halogens is 3. The van der Waals surface area contributed by atoms with Crippen molar-refractivity contribution in [3.63, 3.8) is 0 Å². The minimum absolute atomic E-state index is 0.0615. The monoisotopic (exact) mass is 404 g/mol. The number of benzene rings is 2. The van der Waals surface area contributed by atoms with Gasteiger partial charge in [-0.15, -0.1) is 13.2 Å². The second kappa shape index (κ2) is 7.46. The van der Waals surface area contributed by atoms with E-state index >= 15 is 0 Å². The van der Waals surface area contributed by atoms with Crippen LogP contribution in [0.5, 0.6) is 11.6 Å². The molecule has 4 rings (SSSR count). The van der Waals surface area contributed by atoms with Crippen molar-refractivity contribution >= 4 is 11.0 Å². The number of ether oxygens (including phenoxy) is 2. The molecule has 150 valence electrons. The molecule has 0 aliphatic rings. The first-order chi connectivity index (χ1) is 13.9. The van der Waals surface area contributed by atoms with Gasteiger partial charge in [0, 0.05) is 0 Å². The maximum absolute atomic E-state index is 12.3. The molecule has 10 heteroatoms. The zero-order chi connectivity index (χ0) is 20.4. The van der Waals surface area contributed by atoms with E-state index < -0.39 is 6.36 Å². The molecule has 2 aromatic carbocycles. The lowest BCUT2D eigenvalue weighted by atomic mass is 10.0. The van der Waals surface area contributed by atoms with E-state index in [-0.39, 0.29) is 11.8 Å². The zero-order valence-corrected chi connectivity index (χ0v) is 15.1. The van der Waals surface area contributed by atoms with Gasteiger partial charge in [-0.1, -0.05) is 18.2 Å². The second-order valence-corrected chi connectivity index (χ2v) is 6.31. The molecule has 0 radical (unpaired) electrons. The molecule has 4 aromatic rings. The molecule has 29 heavy (non-hydrogen) atoms. The predicted molar refractivity (Wildman–Crippen MR) is 96.4 cm³/mol. The molecule has 0 saturated carbocycles. The van der Waals surface area contributed by atoms with E-state index in [4.69, 9.17) is 9.26 Å². The van der Waals surface area contributed by atoms with Crippen LogP contribution in [0.3, 0.4) is 0 Å². The SMILES string of the molecule is CC(COc1noc2ccc(-c3ccc(OC(F)(F)F)cc3)cc12)n1cncn1. The number of hydrogen-bond acceptors (Lipinski definition) is 6. The summed E-state index contributed by atoms with van der Waals surface area (Å²) in [7, 11) is 0. The highest BCUT2D eigenvalue weighted by atomic mass is 19.4. The van der Waals surface area contributed by atoms with Gasteiger partial charge in [-0.05, 0) is 47.5 Å². The quantitative estimate of drug-likeness (QED) is 0.467. The number of rotatable bonds is 6. The summed E-state index contributed by atoms with van der Waals surface area (Å²) in [6, 6.07) is 10.9. The summed E-state index contributed by atoms with van der Waals surface area (Å²) < 4.78 is 53.5. The number of nitrogens with zero attached hydrogens (tertiary/aromatic N) is 4. The summed E-state index contributed by atoms with van der Waals surface area (Å²) in [5, 5.41) is 8.67. The average molecular weight is 404 g/mol. The van der Waals surface area contributed by atoms with Gasteiger partial charge >= 0.3 is 6.36 Å². The second-order valence-electron chi connectivity index (χ2n) is 6.31. The number of alkyl halides is 3. The van der Waals surface area contributed by atoms with Crippen LogP contribution in [0.15, 0.2) is 59.6 Å². The van der Waals surface area contributed by atoms with Crippen molar-refractivity contribution in [1.82, 2.24) is 19.9 Å². The summed E-state index contributed by atoms with van der Waals surface area (Å²) in [6.07, 6.45) is -1.68. The minimum Gasteiger partial charge on any atom is -0.473 e. The topological polar surface area (TPSA) is 75.2 Å². The molecule has 7 nitrogen and oxygen atoms in total. The summed E-state index contributed by atoms with van der Waals surface area (Å²) >= 11 is 0. The third-order valence-corrected chi connectivity index (χ3v) is 4.21. The Hall–Kier alpha value is -3.56. The van der Waals surface area contributed by atoms with E-state index in [1.807, 2.05) is 6.92 Å². The highest BCUT2D eigenvalue weighted by Crippen LogP contribution is 2.32. The maximum atomic E-state index is 12.3. The Balaban J connectivity index is 1.53. The average Bonchev–Trinajstić information content (AvgIpc) is 3.35. The Morgan fingerprint density at radius 1 is 1.10 bits per heavy atom. The van der Waals surface area contributed by atoms with Crippen molar-refractivity contribution in [2.45, 2.75) is 19.3 Å². The smallest absolute Gasteiger partial charge is 0.473 e. The van der Waals surface area contributed by atoms with Crippen LogP contribution in [-0.2, 0) is 0 Å². The van der Waals surface area contributed by atoms with Crippen LogP contribution >= 0.6 is 0 Å². The first kappa shape index (κ1) is 18.8. The fourth-order valence-electron chi connectivity index (χ4n) is 2.77. The van der Waals surface area contributed by atoms with E-state index in [0.29, 0.717) is 29.0 Å². The lowest BCUT2D eigenvalue weighted by Gasteiger charge is -2.11. The molecule has 0 N–H and O–H groups in total. The van der Waals surface area contributed by atoms with Gasteiger partial charge in [0.2, 0.25) is 0 Å². The maximum Gasteiger partial charge on any atom is 0.573 e. The largest absolute Gasteiger partial charge is 0.573 e. The van der Waals surface area contributed by atoms with Gasteiger partial charge in [-0.2, -0.15) is 5.10 Å². The van der Waals surface area contributed by atoms with Gasteiger partial charge in [-0.3, -0.25) is 0 Å². The normalized spacial score (nSPS) is 12.8. The van der Waals surface area contributed by atoms with Crippen LogP contribution in [0.25, 0.3) is 22.1 Å². The van der Waals surface area contributed by atoms with Gasteiger partial charge in [-0.25, -0.2) is 9.67 Å². The molecule has 2 heterocycles. The van der Waals surface area contributed by atoms with Gasteiger partial charge in [0.1, 0.15) is 25.0 Å². The highest BCUT2D eigenvalue weighted by Gasteiger charge is 2.31. The van der Waals surface area contributed by atoms with Crippen molar-refractivity contribution < 1.29 is 27.2 Å². The van der Waals surface area contributed by atoms with Crippen molar-refractivity contribution in [1.29, 1.82) is 0 Å². The molecule has 0 bridgehead atoms. The summed E-state index contributed by atoms with van der Waals surface area (Å²) in [5.74, 6) is 0.0456. The van der Waals surface area contributed by atoms with E-state index in [9.17, 15) is 13.2 Å². The minimum atomic E-state index is -4.72. The van der Waals surface area contributed by atoms with Crippen LogP contribution in [0.1, 0.15) is 13.0 Å². The molecule has 0 aliphatic carbocycles. The van der Waals surface area contributed by atoms with Gasteiger partial charge in [0.05, 0.1) is 11.4 Å². The molecular formula is C19H15F3N4O3. The van der Waals surface area contributed by atoms with Crippen molar-refractivity contribution in [2.24, 2.45) is 0 Å². The molecule has 0 spiro atoms. The Labute approximate surface area is 162 Å². The number of aromatic nitrogens is 4. The fraction of sp³-hybridized carbons (Fsp3) is 0.211. The molecule has 1 unspecified atom stereocenters. The van der Waals surface area contributed by atoms with Gasteiger partial charge in [0.25, 0.3) is 5.88 Å². The zero-order valence-electron chi connectivity index (χ0n) is 15.1. The first-order valence-corrected chi connectivity index (χ1v) is 8.61. The Kier molecular flexibility index (Phi) is 4.83. The van der Waals surface area contributed by atoms with E-state index in [1.165, 1.54) is 18.5 Å². The van der Waals surface area contributed by atoms with Gasteiger partial charge < -0.3 is 14.0 Å². The van der Waals surface area contributed by atoms with Crippen molar-refractivity contribution in [2.75, 3.05) is 6.61 Å². The third-order valence-electron chi connectivity index (χ3n) is 4.21. The van der Waals surface area contributed by atoms with E-state index in [2.05, 4.69) is 20.0 Å². The van der Waals surface area contributed by atoms with Crippen LogP contribution in [0.2, 0.25) is 0 Å². The highest BCUT2D eigenvalue weighted by molar-refractivity contribution is 5.87. The molecule has 0 amide bonds. The number of hydrogen-bond donors (Lipinski definition) is 0. The third kappa shape index (κ3) is 4.31. The molecule has 0 aliphatic heterocycles. The molecule has 0 fully saturated rings. The van der Waals surface area contributed by atoms with Crippen LogP contribution in [0.4, 0.5) is 13.2 Å². The lowest BCUT2D eigenvalue weighted by Crippen LogP contribution is -2.16. The predicted octanol–water partition coefficient (Wildman–Crippen LogP) is 4.62. The molecular weight excluding hydrogens is 389 g/mol. The van der Waals surface area contributed by atoms with Crippen LogP contribution < -0.4 is 9.47 Å². The molecule has 0 saturated heterocycles.